The second-order valence-corrected chi connectivity index (χ2v) is 8.25. The van der Waals surface area contributed by atoms with Crippen LogP contribution in [-0.2, 0) is 10.2 Å². The van der Waals surface area contributed by atoms with Crippen LogP contribution in [0.1, 0.15) is 26.3 Å². The maximum atomic E-state index is 12.2. The summed E-state index contributed by atoms with van der Waals surface area (Å²) < 4.78 is 11.8. The number of nitrogens with one attached hydrogen (secondary N) is 1. The van der Waals surface area contributed by atoms with E-state index in [0.717, 1.165) is 4.70 Å². The Hall–Kier alpha value is -2.80. The van der Waals surface area contributed by atoms with Crippen molar-refractivity contribution in [3.05, 3.63) is 42.0 Å². The van der Waals surface area contributed by atoms with E-state index in [-0.39, 0.29) is 17.9 Å². The number of nitrogens with two attached hydrogens (primary N) is 1. The van der Waals surface area contributed by atoms with Gasteiger partial charge in [-0.2, -0.15) is 0 Å². The summed E-state index contributed by atoms with van der Waals surface area (Å²) in [5, 5.41) is 3.27. The third kappa shape index (κ3) is 4.49. The molecular formula is C20H23N3O3S. The molecule has 0 saturated heterocycles. The molecule has 3 rings (SSSR count). The van der Waals surface area contributed by atoms with Crippen LogP contribution in [0.15, 0.2) is 36.4 Å². The number of aromatic nitrogens is 1. The maximum absolute atomic E-state index is 12.2. The number of carbonyl (C=O) groups excluding carboxylic acids is 1. The van der Waals surface area contributed by atoms with Gasteiger partial charge in [0.1, 0.15) is 17.0 Å². The van der Waals surface area contributed by atoms with Crippen LogP contribution < -0.4 is 20.5 Å². The van der Waals surface area contributed by atoms with Crippen LogP contribution >= 0.6 is 11.3 Å². The molecule has 0 aliphatic rings. The van der Waals surface area contributed by atoms with Crippen LogP contribution in [0, 0.1) is 0 Å². The first-order valence-corrected chi connectivity index (χ1v) is 9.35. The molecule has 1 amide bonds. The lowest BCUT2D eigenvalue weighted by atomic mass is 9.87. The van der Waals surface area contributed by atoms with E-state index in [9.17, 15) is 4.79 Å². The zero-order valence-corrected chi connectivity index (χ0v) is 16.6. The van der Waals surface area contributed by atoms with Crippen molar-refractivity contribution in [3.63, 3.8) is 0 Å². The highest BCUT2D eigenvalue weighted by molar-refractivity contribution is 7.22. The average Bonchev–Trinajstić information content (AvgIpc) is 2.99. The number of hydrogen-bond donors (Lipinski definition) is 2. The van der Waals surface area contributed by atoms with Crippen molar-refractivity contribution in [2.45, 2.75) is 26.2 Å². The van der Waals surface area contributed by atoms with E-state index in [1.54, 1.807) is 13.2 Å². The third-order valence-electron chi connectivity index (χ3n) is 4.07. The predicted octanol–water partition coefficient (Wildman–Crippen LogP) is 4.20. The van der Waals surface area contributed by atoms with Gasteiger partial charge in [0, 0.05) is 11.8 Å². The van der Waals surface area contributed by atoms with Crippen molar-refractivity contribution in [2.24, 2.45) is 0 Å². The highest BCUT2D eigenvalue weighted by atomic mass is 32.1. The molecule has 0 unspecified atom stereocenters. The Labute approximate surface area is 162 Å². The number of amides is 1. The number of anilines is 2. The van der Waals surface area contributed by atoms with E-state index in [2.05, 4.69) is 31.1 Å². The van der Waals surface area contributed by atoms with Crippen molar-refractivity contribution in [2.75, 3.05) is 24.8 Å². The average molecular weight is 385 g/mol. The normalized spacial score (nSPS) is 11.4. The van der Waals surface area contributed by atoms with E-state index < -0.39 is 0 Å². The summed E-state index contributed by atoms with van der Waals surface area (Å²) in [7, 11) is 1.56. The van der Waals surface area contributed by atoms with Gasteiger partial charge >= 0.3 is 0 Å². The van der Waals surface area contributed by atoms with Crippen molar-refractivity contribution < 1.29 is 14.3 Å². The van der Waals surface area contributed by atoms with Gasteiger partial charge in [-0.15, -0.1) is 0 Å². The summed E-state index contributed by atoms with van der Waals surface area (Å²) in [5.41, 5.74) is 8.35. The summed E-state index contributed by atoms with van der Waals surface area (Å²) in [6, 6.07) is 11.3. The lowest BCUT2D eigenvalue weighted by Crippen LogP contribution is -2.20. The molecule has 27 heavy (non-hydrogen) atoms. The van der Waals surface area contributed by atoms with E-state index >= 15 is 0 Å². The molecular weight excluding hydrogens is 362 g/mol. The maximum Gasteiger partial charge on any atom is 0.262 e. The number of nitrogens with zero attached hydrogens (tertiary/aromatic N) is 1. The molecule has 0 aliphatic carbocycles. The molecule has 0 radical (unpaired) electrons. The molecule has 1 aromatic heterocycles. The second kappa shape index (κ2) is 7.44. The van der Waals surface area contributed by atoms with Crippen molar-refractivity contribution in [3.8, 4) is 11.5 Å². The summed E-state index contributed by atoms with van der Waals surface area (Å²) >= 11 is 1.34. The van der Waals surface area contributed by atoms with Crippen LogP contribution in [0.25, 0.3) is 10.2 Å². The number of ether oxygens (including phenoxy) is 2. The lowest BCUT2D eigenvalue weighted by molar-refractivity contribution is -0.118. The highest BCUT2D eigenvalue weighted by Crippen LogP contribution is 2.34. The molecule has 142 valence electrons. The summed E-state index contributed by atoms with van der Waals surface area (Å²) in [5.74, 6) is 0.963. The van der Waals surface area contributed by atoms with Crippen LogP contribution in [0.3, 0.4) is 0 Å². The fourth-order valence-corrected chi connectivity index (χ4v) is 3.43. The minimum atomic E-state index is -0.256. The monoisotopic (exact) mass is 385 g/mol. The van der Waals surface area contributed by atoms with Gasteiger partial charge in [-0.05, 0) is 29.2 Å². The number of fused-ring (bicyclic) bond motifs is 1. The summed E-state index contributed by atoms with van der Waals surface area (Å²) in [6.07, 6.45) is 0. The van der Waals surface area contributed by atoms with Crippen molar-refractivity contribution in [1.82, 2.24) is 4.98 Å². The molecule has 1 heterocycles. The van der Waals surface area contributed by atoms with Crippen LogP contribution in [-0.4, -0.2) is 24.6 Å². The number of carbonyl (C=O) groups is 1. The Bertz CT molecular complexity index is 959. The minimum Gasteiger partial charge on any atom is -0.494 e. The zero-order valence-electron chi connectivity index (χ0n) is 15.8. The fourth-order valence-electron chi connectivity index (χ4n) is 2.64. The minimum absolute atomic E-state index is 0.0770. The molecule has 2 aromatic carbocycles. The Balaban J connectivity index is 1.65. The predicted molar refractivity (Wildman–Crippen MR) is 110 cm³/mol. The van der Waals surface area contributed by atoms with Crippen molar-refractivity contribution >= 4 is 38.3 Å². The molecule has 7 heteroatoms. The Morgan fingerprint density at radius 3 is 2.56 bits per heavy atom. The van der Waals surface area contributed by atoms with Gasteiger partial charge in [0.25, 0.3) is 5.91 Å². The number of hydrogen-bond acceptors (Lipinski definition) is 6. The van der Waals surface area contributed by atoms with Crippen molar-refractivity contribution in [1.29, 1.82) is 0 Å². The largest absolute Gasteiger partial charge is 0.494 e. The number of thiazole rings is 1. The highest BCUT2D eigenvalue weighted by Gasteiger charge is 2.14. The van der Waals surface area contributed by atoms with Crippen LogP contribution in [0.5, 0.6) is 11.5 Å². The number of methoxy groups -OCH3 is 1. The summed E-state index contributed by atoms with van der Waals surface area (Å²) in [4.78, 5) is 16.5. The van der Waals surface area contributed by atoms with Crippen LogP contribution in [0.2, 0.25) is 0 Å². The van der Waals surface area contributed by atoms with Gasteiger partial charge in [-0.3, -0.25) is 4.79 Å². The first-order chi connectivity index (χ1) is 12.8. The molecule has 0 spiro atoms. The zero-order chi connectivity index (χ0) is 19.6. The molecule has 6 nitrogen and oxygen atoms in total. The van der Waals surface area contributed by atoms with Gasteiger partial charge in [0.05, 0.1) is 11.8 Å². The van der Waals surface area contributed by atoms with E-state index in [1.165, 1.54) is 16.9 Å². The lowest BCUT2D eigenvalue weighted by Gasteiger charge is -2.19. The molecule has 3 N–H and O–H groups in total. The molecule has 0 bridgehead atoms. The summed E-state index contributed by atoms with van der Waals surface area (Å²) in [6.45, 7) is 6.37. The molecule has 0 atom stereocenters. The van der Waals surface area contributed by atoms with Gasteiger partial charge in [-0.25, -0.2) is 4.98 Å². The van der Waals surface area contributed by atoms with E-state index in [0.29, 0.717) is 27.8 Å². The van der Waals surface area contributed by atoms with Gasteiger partial charge in [0.2, 0.25) is 0 Å². The van der Waals surface area contributed by atoms with Gasteiger partial charge < -0.3 is 20.5 Å². The SMILES string of the molecule is COc1cc(NC(=O)COc2ccc(C(C)(C)C)cc2)cc2sc(N)nc12. The molecule has 3 aromatic rings. The molecule has 0 fully saturated rings. The Kier molecular flexibility index (Phi) is 5.23. The van der Waals surface area contributed by atoms with Crippen LogP contribution in [0.4, 0.5) is 10.8 Å². The molecule has 0 aliphatic heterocycles. The molecule has 0 saturated carbocycles. The first-order valence-electron chi connectivity index (χ1n) is 8.53. The topological polar surface area (TPSA) is 86.5 Å². The van der Waals surface area contributed by atoms with E-state index in [1.807, 2.05) is 30.3 Å². The van der Waals surface area contributed by atoms with E-state index in [4.69, 9.17) is 15.2 Å². The van der Waals surface area contributed by atoms with Gasteiger partial charge in [-0.1, -0.05) is 44.2 Å². The smallest absolute Gasteiger partial charge is 0.262 e. The standard InChI is InChI=1S/C20H23N3O3S/c1-20(2,3)12-5-7-14(8-6-12)26-11-17(24)22-13-9-15(25-4)18-16(10-13)27-19(21)23-18/h5-10H,11H2,1-4H3,(H2,21,23)(H,22,24). The second-order valence-electron chi connectivity index (χ2n) is 7.19. The quantitative estimate of drug-likeness (QED) is 0.687. The number of rotatable bonds is 5. The number of nitrogen functional groups attached to an aromatic ring is 1. The number of benzene rings is 2. The Morgan fingerprint density at radius 1 is 1.22 bits per heavy atom. The first kappa shape index (κ1) is 19.0. The van der Waals surface area contributed by atoms with Gasteiger partial charge in [0.15, 0.2) is 11.7 Å². The fraction of sp³-hybridized carbons (Fsp3) is 0.300. The Morgan fingerprint density at radius 2 is 1.93 bits per heavy atom. The third-order valence-corrected chi connectivity index (χ3v) is 4.90.